The molecule has 0 aliphatic carbocycles. The minimum atomic E-state index is -0.120. The number of likely N-dealkylation sites (N-methyl/N-ethyl adjacent to an activating group) is 2. The second kappa shape index (κ2) is 8.67. The number of amides is 1. The number of aliphatic hydroxyl groups is 1. The number of carbonyl (C=O) groups is 1. The molecule has 0 bridgehead atoms. The molecule has 1 aliphatic rings. The van der Waals surface area contributed by atoms with E-state index in [9.17, 15) is 4.79 Å². The van der Waals surface area contributed by atoms with E-state index in [2.05, 4.69) is 24.0 Å². The number of rotatable bonds is 6. The van der Waals surface area contributed by atoms with Crippen molar-refractivity contribution < 1.29 is 9.90 Å². The lowest BCUT2D eigenvalue weighted by Crippen LogP contribution is -2.26. The lowest BCUT2D eigenvalue weighted by molar-refractivity contribution is -0.121. The highest BCUT2D eigenvalue weighted by atomic mass is 16.3. The molecule has 1 aliphatic heterocycles. The Morgan fingerprint density at radius 3 is 2.32 bits per heavy atom. The van der Waals surface area contributed by atoms with Gasteiger partial charge in [-0.1, -0.05) is 48.0 Å². The van der Waals surface area contributed by atoms with Crippen molar-refractivity contribution in [2.24, 2.45) is 4.99 Å². The van der Waals surface area contributed by atoms with Crippen LogP contribution in [0.1, 0.15) is 16.7 Å². The number of amidine groups is 1. The molecular formula is C23H25N3O2. The first-order chi connectivity index (χ1) is 13.5. The van der Waals surface area contributed by atoms with Crippen molar-refractivity contribution in [3.63, 3.8) is 0 Å². The lowest BCUT2D eigenvalue weighted by Gasteiger charge is -2.17. The van der Waals surface area contributed by atoms with E-state index < -0.39 is 0 Å². The van der Waals surface area contributed by atoms with Crippen LogP contribution in [0.4, 0.5) is 5.69 Å². The van der Waals surface area contributed by atoms with Gasteiger partial charge < -0.3 is 10.0 Å². The van der Waals surface area contributed by atoms with Gasteiger partial charge in [0, 0.05) is 26.3 Å². The van der Waals surface area contributed by atoms with E-state index in [0.717, 1.165) is 16.8 Å². The number of carbonyl (C=O) groups excluding carboxylic acids is 1. The highest BCUT2D eigenvalue weighted by molar-refractivity contribution is 6.18. The van der Waals surface area contributed by atoms with Crippen molar-refractivity contribution in [3.8, 4) is 0 Å². The van der Waals surface area contributed by atoms with Crippen molar-refractivity contribution in [2.75, 3.05) is 32.1 Å². The predicted molar refractivity (Wildman–Crippen MR) is 115 cm³/mol. The van der Waals surface area contributed by atoms with Gasteiger partial charge in [-0.3, -0.25) is 9.69 Å². The second-order valence-corrected chi connectivity index (χ2v) is 6.84. The fourth-order valence-corrected chi connectivity index (χ4v) is 2.88. The first kappa shape index (κ1) is 19.6. The highest BCUT2D eigenvalue weighted by Gasteiger charge is 2.25. The number of anilines is 1. The normalized spacial score (nSPS) is 15.6. The quantitative estimate of drug-likeness (QED) is 0.788. The van der Waals surface area contributed by atoms with E-state index in [1.807, 2.05) is 60.5 Å². The van der Waals surface area contributed by atoms with Gasteiger partial charge in [0.15, 0.2) is 0 Å². The number of aliphatic imine (C=N–C) groups is 1. The number of nitrogens with zero attached hydrogens (tertiary/aromatic N) is 3. The Balaban J connectivity index is 1.78. The molecule has 0 fully saturated rings. The summed E-state index contributed by atoms with van der Waals surface area (Å²) in [4.78, 5) is 20.5. The predicted octanol–water partition coefficient (Wildman–Crippen LogP) is 3.35. The molecule has 0 unspecified atom stereocenters. The molecule has 5 heteroatoms. The summed E-state index contributed by atoms with van der Waals surface area (Å²) in [5, 5.41) is 9.04. The Bertz CT molecular complexity index is 925. The van der Waals surface area contributed by atoms with Crippen LogP contribution in [0.15, 0.2) is 65.3 Å². The van der Waals surface area contributed by atoms with Gasteiger partial charge in [-0.05, 0) is 42.3 Å². The summed E-state index contributed by atoms with van der Waals surface area (Å²) < 4.78 is 0. The Morgan fingerprint density at radius 1 is 1.04 bits per heavy atom. The zero-order valence-corrected chi connectivity index (χ0v) is 16.5. The van der Waals surface area contributed by atoms with E-state index in [1.165, 1.54) is 5.56 Å². The molecule has 2 aromatic carbocycles. The van der Waals surface area contributed by atoms with Crippen molar-refractivity contribution in [1.29, 1.82) is 0 Å². The summed E-state index contributed by atoms with van der Waals surface area (Å²) in [6.45, 7) is 2.73. The van der Waals surface area contributed by atoms with E-state index >= 15 is 0 Å². The van der Waals surface area contributed by atoms with Crippen molar-refractivity contribution in [3.05, 3.63) is 77.0 Å². The maximum atomic E-state index is 12.5. The molecule has 1 amide bonds. The average Bonchev–Trinajstić information content (AvgIpc) is 2.96. The minimum Gasteiger partial charge on any atom is -0.395 e. The minimum absolute atomic E-state index is 0.108. The van der Waals surface area contributed by atoms with Gasteiger partial charge in [0.05, 0.1) is 6.61 Å². The summed E-state index contributed by atoms with van der Waals surface area (Å²) >= 11 is 0. The molecule has 1 N–H and O–H groups in total. The summed E-state index contributed by atoms with van der Waals surface area (Å²) in [5.74, 6) is 0.501. The maximum absolute atomic E-state index is 12.5. The standard InChI is InChI=1S/C23H25N3O2/c1-17-4-6-18(7-5-17)10-13-22-24-21(23(28)26(22)3)16-19-8-11-20(12-9-19)25(2)14-15-27/h4-13,16,27H,14-15H2,1-3H3/b13-10+,21-16-. The molecule has 2 aromatic rings. The van der Waals surface area contributed by atoms with Gasteiger partial charge >= 0.3 is 0 Å². The van der Waals surface area contributed by atoms with Crippen molar-refractivity contribution in [2.45, 2.75) is 6.92 Å². The number of benzene rings is 2. The van der Waals surface area contributed by atoms with E-state index in [0.29, 0.717) is 18.1 Å². The number of hydrogen-bond acceptors (Lipinski definition) is 4. The molecule has 0 saturated heterocycles. The van der Waals surface area contributed by atoms with Crippen molar-refractivity contribution >= 4 is 29.6 Å². The molecular weight excluding hydrogens is 350 g/mol. The number of hydrogen-bond donors (Lipinski definition) is 1. The van der Waals surface area contributed by atoms with Crippen LogP contribution in [0.5, 0.6) is 0 Å². The Labute approximate surface area is 165 Å². The second-order valence-electron chi connectivity index (χ2n) is 6.84. The molecule has 28 heavy (non-hydrogen) atoms. The number of aryl methyl sites for hydroxylation is 1. The SMILES string of the molecule is Cc1ccc(/C=C/C2=NC(=C\c3ccc(N(C)CCO)cc3)/C(=O)N2C)cc1. The topological polar surface area (TPSA) is 56.1 Å². The molecule has 0 aromatic heterocycles. The van der Waals surface area contributed by atoms with Gasteiger partial charge in [0.25, 0.3) is 5.91 Å². The fourth-order valence-electron chi connectivity index (χ4n) is 2.88. The lowest BCUT2D eigenvalue weighted by atomic mass is 10.1. The Kier molecular flexibility index (Phi) is 6.06. The van der Waals surface area contributed by atoms with Gasteiger partial charge in [-0.2, -0.15) is 0 Å². The largest absolute Gasteiger partial charge is 0.395 e. The molecule has 0 saturated carbocycles. The average molecular weight is 375 g/mol. The fraction of sp³-hybridized carbons (Fsp3) is 0.217. The molecule has 3 rings (SSSR count). The monoisotopic (exact) mass is 375 g/mol. The molecule has 1 heterocycles. The summed E-state index contributed by atoms with van der Waals surface area (Å²) in [5.41, 5.74) is 4.61. The van der Waals surface area contributed by atoms with Gasteiger partial charge in [0.1, 0.15) is 11.5 Å². The summed E-state index contributed by atoms with van der Waals surface area (Å²) in [6.07, 6.45) is 5.61. The van der Waals surface area contributed by atoms with Crippen LogP contribution in [0.25, 0.3) is 12.2 Å². The first-order valence-corrected chi connectivity index (χ1v) is 9.23. The van der Waals surface area contributed by atoms with Crippen LogP contribution in [-0.4, -0.2) is 49.0 Å². The zero-order chi connectivity index (χ0) is 20.1. The Hall–Kier alpha value is -3.18. The van der Waals surface area contributed by atoms with Crippen LogP contribution in [0.2, 0.25) is 0 Å². The van der Waals surface area contributed by atoms with Crippen LogP contribution in [0, 0.1) is 6.92 Å². The van der Waals surface area contributed by atoms with Crippen LogP contribution < -0.4 is 4.90 Å². The van der Waals surface area contributed by atoms with Crippen LogP contribution in [-0.2, 0) is 4.79 Å². The van der Waals surface area contributed by atoms with Gasteiger partial charge in [-0.25, -0.2) is 4.99 Å². The van der Waals surface area contributed by atoms with Gasteiger partial charge in [0.2, 0.25) is 0 Å². The zero-order valence-electron chi connectivity index (χ0n) is 16.5. The molecule has 5 nitrogen and oxygen atoms in total. The van der Waals surface area contributed by atoms with Crippen LogP contribution in [0.3, 0.4) is 0 Å². The van der Waals surface area contributed by atoms with Crippen LogP contribution >= 0.6 is 0 Å². The van der Waals surface area contributed by atoms with E-state index in [-0.39, 0.29) is 12.5 Å². The van der Waals surface area contributed by atoms with Crippen molar-refractivity contribution in [1.82, 2.24) is 4.90 Å². The molecule has 144 valence electrons. The highest BCUT2D eigenvalue weighted by Crippen LogP contribution is 2.20. The maximum Gasteiger partial charge on any atom is 0.277 e. The first-order valence-electron chi connectivity index (χ1n) is 9.23. The third kappa shape index (κ3) is 4.56. The Morgan fingerprint density at radius 2 is 1.68 bits per heavy atom. The van der Waals surface area contributed by atoms with Gasteiger partial charge in [-0.15, -0.1) is 0 Å². The third-order valence-electron chi connectivity index (χ3n) is 4.68. The smallest absolute Gasteiger partial charge is 0.277 e. The third-order valence-corrected chi connectivity index (χ3v) is 4.68. The summed E-state index contributed by atoms with van der Waals surface area (Å²) in [6, 6.07) is 16.0. The molecule has 0 atom stereocenters. The molecule has 0 spiro atoms. The summed E-state index contributed by atoms with van der Waals surface area (Å²) in [7, 11) is 3.66. The van der Waals surface area contributed by atoms with E-state index in [4.69, 9.17) is 5.11 Å². The molecule has 0 radical (unpaired) electrons. The van der Waals surface area contributed by atoms with E-state index in [1.54, 1.807) is 18.0 Å². The number of aliphatic hydroxyl groups excluding tert-OH is 1.